The van der Waals surface area contributed by atoms with E-state index in [1.54, 1.807) is 47.2 Å². The number of phenols is 1. The second kappa shape index (κ2) is 7.38. The maximum Gasteiger partial charge on any atom is 0.253 e. The molecule has 2 aromatic carbocycles. The monoisotopic (exact) mass is 338 g/mol. The van der Waals surface area contributed by atoms with Crippen LogP contribution in [0.3, 0.4) is 0 Å². The maximum absolute atomic E-state index is 12.6. The van der Waals surface area contributed by atoms with Crippen LogP contribution >= 0.6 is 0 Å². The van der Waals surface area contributed by atoms with Crippen LogP contribution in [0.25, 0.3) is 0 Å². The minimum absolute atomic E-state index is 0.125. The summed E-state index contributed by atoms with van der Waals surface area (Å²) in [6.45, 7) is 1.07. The third-order valence-corrected chi connectivity index (χ3v) is 4.50. The van der Waals surface area contributed by atoms with Crippen LogP contribution in [0.2, 0.25) is 0 Å². The Balaban J connectivity index is 1.70. The summed E-state index contributed by atoms with van der Waals surface area (Å²) >= 11 is 0. The van der Waals surface area contributed by atoms with Crippen molar-refractivity contribution in [2.45, 2.75) is 25.8 Å². The molecule has 0 aromatic heterocycles. The number of para-hydroxylation sites is 1. The van der Waals surface area contributed by atoms with E-state index in [2.05, 4.69) is 0 Å². The summed E-state index contributed by atoms with van der Waals surface area (Å²) in [5, 5.41) is 9.84. The van der Waals surface area contributed by atoms with Crippen LogP contribution in [-0.2, 0) is 11.3 Å². The quantitative estimate of drug-likeness (QED) is 0.931. The summed E-state index contributed by atoms with van der Waals surface area (Å²) in [7, 11) is 1.71. The Kier molecular flexibility index (Phi) is 5.03. The molecule has 2 amide bonds. The van der Waals surface area contributed by atoms with Crippen LogP contribution in [0.5, 0.6) is 5.75 Å². The number of hydrogen-bond acceptors (Lipinski definition) is 3. The molecule has 0 atom stereocenters. The molecular weight excluding hydrogens is 316 g/mol. The molecule has 3 rings (SSSR count). The van der Waals surface area contributed by atoms with Gasteiger partial charge in [0.15, 0.2) is 0 Å². The predicted octanol–water partition coefficient (Wildman–Crippen LogP) is 3.18. The lowest BCUT2D eigenvalue weighted by atomic mass is 10.1. The van der Waals surface area contributed by atoms with E-state index in [0.717, 1.165) is 25.1 Å². The van der Waals surface area contributed by atoms with Gasteiger partial charge in [0.1, 0.15) is 5.75 Å². The van der Waals surface area contributed by atoms with Crippen LogP contribution in [0.1, 0.15) is 35.2 Å². The minimum Gasteiger partial charge on any atom is -0.508 e. The number of anilines is 1. The van der Waals surface area contributed by atoms with Crippen LogP contribution < -0.4 is 4.90 Å². The Morgan fingerprint density at radius 3 is 2.52 bits per heavy atom. The summed E-state index contributed by atoms with van der Waals surface area (Å²) in [5.74, 6) is 0.197. The van der Waals surface area contributed by atoms with Gasteiger partial charge < -0.3 is 14.9 Å². The molecule has 5 heteroatoms. The second-order valence-corrected chi connectivity index (χ2v) is 6.34. The van der Waals surface area contributed by atoms with Gasteiger partial charge in [-0.25, -0.2) is 0 Å². The number of aromatic hydroxyl groups is 1. The van der Waals surface area contributed by atoms with E-state index in [4.69, 9.17) is 0 Å². The number of benzene rings is 2. The molecule has 0 unspecified atom stereocenters. The molecule has 0 spiro atoms. The van der Waals surface area contributed by atoms with Crippen molar-refractivity contribution in [1.29, 1.82) is 0 Å². The van der Waals surface area contributed by atoms with E-state index in [9.17, 15) is 14.7 Å². The van der Waals surface area contributed by atoms with Crippen LogP contribution in [0.4, 0.5) is 5.69 Å². The van der Waals surface area contributed by atoms with Gasteiger partial charge in [-0.1, -0.05) is 18.2 Å². The van der Waals surface area contributed by atoms with Gasteiger partial charge >= 0.3 is 0 Å². The number of nitrogens with zero attached hydrogens (tertiary/aromatic N) is 2. The first-order valence-electron chi connectivity index (χ1n) is 8.49. The fourth-order valence-corrected chi connectivity index (χ4v) is 3.06. The molecular formula is C20H22N2O3. The summed E-state index contributed by atoms with van der Waals surface area (Å²) in [4.78, 5) is 27.9. The fraction of sp³-hybridized carbons (Fsp3) is 0.300. The lowest BCUT2D eigenvalue weighted by Gasteiger charge is -2.27. The molecule has 130 valence electrons. The number of phenolic OH excluding ortho intramolecular Hbond substituents is 1. The summed E-state index contributed by atoms with van der Waals surface area (Å²) in [5.41, 5.74) is 2.10. The van der Waals surface area contributed by atoms with Crippen molar-refractivity contribution >= 4 is 17.5 Å². The SMILES string of the molecule is CN(Cc1ccccc1O)C(=O)c1ccc(N2CCCCC2=O)cc1. The third kappa shape index (κ3) is 3.82. The number of amides is 2. The number of piperidine rings is 1. The largest absolute Gasteiger partial charge is 0.508 e. The van der Waals surface area contributed by atoms with E-state index < -0.39 is 0 Å². The van der Waals surface area contributed by atoms with Crippen molar-refractivity contribution in [1.82, 2.24) is 4.90 Å². The number of carbonyl (C=O) groups excluding carboxylic acids is 2. The van der Waals surface area contributed by atoms with Crippen LogP contribution in [0.15, 0.2) is 48.5 Å². The van der Waals surface area contributed by atoms with Crippen molar-refractivity contribution in [3.8, 4) is 5.75 Å². The Morgan fingerprint density at radius 1 is 1.12 bits per heavy atom. The topological polar surface area (TPSA) is 60.9 Å². The molecule has 2 aromatic rings. The first-order chi connectivity index (χ1) is 12.1. The first kappa shape index (κ1) is 17.0. The minimum atomic E-state index is -0.125. The molecule has 1 aliphatic rings. The molecule has 0 aliphatic carbocycles. The smallest absolute Gasteiger partial charge is 0.253 e. The normalized spacial score (nSPS) is 14.4. The Bertz CT molecular complexity index is 771. The van der Waals surface area contributed by atoms with E-state index in [-0.39, 0.29) is 17.6 Å². The molecule has 1 saturated heterocycles. The Morgan fingerprint density at radius 2 is 1.84 bits per heavy atom. The van der Waals surface area contributed by atoms with Gasteiger partial charge in [0.25, 0.3) is 5.91 Å². The second-order valence-electron chi connectivity index (χ2n) is 6.34. The van der Waals surface area contributed by atoms with Crippen LogP contribution in [0, 0.1) is 0 Å². The zero-order valence-corrected chi connectivity index (χ0v) is 14.3. The molecule has 0 bridgehead atoms. The fourth-order valence-electron chi connectivity index (χ4n) is 3.06. The molecule has 1 fully saturated rings. The van der Waals surface area contributed by atoms with Gasteiger partial charge in [-0.15, -0.1) is 0 Å². The third-order valence-electron chi connectivity index (χ3n) is 4.50. The van der Waals surface area contributed by atoms with Crippen molar-refractivity contribution in [3.05, 3.63) is 59.7 Å². The van der Waals surface area contributed by atoms with E-state index >= 15 is 0 Å². The predicted molar refractivity (Wildman–Crippen MR) is 96.6 cm³/mol. The molecule has 0 saturated carbocycles. The van der Waals surface area contributed by atoms with Gasteiger partial charge in [0.2, 0.25) is 5.91 Å². The Hall–Kier alpha value is -2.82. The highest BCUT2D eigenvalue weighted by Gasteiger charge is 2.20. The van der Waals surface area contributed by atoms with E-state index in [0.29, 0.717) is 24.1 Å². The van der Waals surface area contributed by atoms with Gasteiger partial charge in [-0.2, -0.15) is 0 Å². The lowest BCUT2D eigenvalue weighted by molar-refractivity contribution is -0.119. The Labute approximate surface area is 147 Å². The zero-order chi connectivity index (χ0) is 17.8. The van der Waals surface area contributed by atoms with Crippen molar-refractivity contribution in [3.63, 3.8) is 0 Å². The average molecular weight is 338 g/mol. The highest BCUT2D eigenvalue weighted by Crippen LogP contribution is 2.22. The molecule has 1 aliphatic heterocycles. The summed E-state index contributed by atoms with van der Waals surface area (Å²) in [6.07, 6.45) is 2.54. The van der Waals surface area contributed by atoms with Crippen LogP contribution in [-0.4, -0.2) is 35.4 Å². The van der Waals surface area contributed by atoms with Gasteiger partial charge in [0, 0.05) is 43.4 Å². The molecule has 1 N–H and O–H groups in total. The van der Waals surface area contributed by atoms with Crippen molar-refractivity contribution < 1.29 is 14.7 Å². The lowest BCUT2D eigenvalue weighted by Crippen LogP contribution is -2.35. The van der Waals surface area contributed by atoms with Gasteiger partial charge in [0.05, 0.1) is 0 Å². The first-order valence-corrected chi connectivity index (χ1v) is 8.49. The number of hydrogen-bond donors (Lipinski definition) is 1. The number of carbonyl (C=O) groups is 2. The van der Waals surface area contributed by atoms with Gasteiger partial charge in [-0.05, 0) is 43.2 Å². The van der Waals surface area contributed by atoms with E-state index in [1.165, 1.54) is 0 Å². The summed E-state index contributed by atoms with van der Waals surface area (Å²) < 4.78 is 0. The van der Waals surface area contributed by atoms with E-state index in [1.807, 2.05) is 18.2 Å². The van der Waals surface area contributed by atoms with Crippen molar-refractivity contribution in [2.75, 3.05) is 18.5 Å². The molecule has 0 radical (unpaired) electrons. The van der Waals surface area contributed by atoms with Gasteiger partial charge in [-0.3, -0.25) is 9.59 Å². The molecule has 5 nitrogen and oxygen atoms in total. The standard InChI is InChI=1S/C20H22N2O3/c1-21(14-16-6-2-3-7-18(16)23)20(25)15-9-11-17(12-10-15)22-13-5-4-8-19(22)24/h2-3,6-7,9-12,23H,4-5,8,13-14H2,1H3. The zero-order valence-electron chi connectivity index (χ0n) is 14.3. The summed E-state index contributed by atoms with van der Waals surface area (Å²) in [6, 6.07) is 14.1. The molecule has 25 heavy (non-hydrogen) atoms. The highest BCUT2D eigenvalue weighted by molar-refractivity contribution is 5.96. The van der Waals surface area contributed by atoms with Crippen molar-refractivity contribution in [2.24, 2.45) is 0 Å². The molecule has 1 heterocycles. The highest BCUT2D eigenvalue weighted by atomic mass is 16.3. The maximum atomic E-state index is 12.6. The average Bonchev–Trinajstić information content (AvgIpc) is 2.63. The number of rotatable bonds is 4.